The van der Waals surface area contributed by atoms with Gasteiger partial charge in [-0.2, -0.15) is 8.42 Å². The van der Waals surface area contributed by atoms with Crippen molar-refractivity contribution in [3.63, 3.8) is 0 Å². The highest BCUT2D eigenvalue weighted by Gasteiger charge is 2.26. The highest BCUT2D eigenvalue weighted by molar-refractivity contribution is 7.87. The van der Waals surface area contributed by atoms with Crippen LogP contribution in [0.4, 0.5) is 0 Å². The first kappa shape index (κ1) is 16.3. The minimum Gasteiger partial charge on any atom is -0.323 e. The quantitative estimate of drug-likeness (QED) is 0.640. The fourth-order valence-electron chi connectivity index (χ4n) is 1.27. The topological polar surface area (TPSA) is 89.9 Å². The van der Waals surface area contributed by atoms with E-state index in [1.165, 1.54) is 12.1 Å². The molecular weight excluding hydrogens is 291 g/mol. The molecule has 1 N–H and O–H groups in total. The Balaban J connectivity index is 2.76. The Labute approximate surface area is 113 Å². The molecule has 19 heavy (non-hydrogen) atoms. The smallest absolute Gasteiger partial charge is 0.323 e. The molecule has 0 spiro atoms. The van der Waals surface area contributed by atoms with Gasteiger partial charge in [0.15, 0.2) is 6.35 Å². The molecule has 0 amide bonds. The third-order valence-electron chi connectivity index (χ3n) is 2.06. The van der Waals surface area contributed by atoms with E-state index in [1.54, 1.807) is 26.0 Å². The number of benzene rings is 1. The number of aryl methyl sites for hydroxylation is 1. The second-order valence-corrected chi connectivity index (χ2v) is 7.67. The molecule has 1 atom stereocenters. The van der Waals surface area contributed by atoms with Crippen LogP contribution in [-0.2, 0) is 23.4 Å². The van der Waals surface area contributed by atoms with E-state index < -0.39 is 30.2 Å². The Bertz CT molecular complexity index is 563. The van der Waals surface area contributed by atoms with E-state index in [1.807, 2.05) is 6.92 Å². The van der Waals surface area contributed by atoms with Crippen molar-refractivity contribution < 1.29 is 26.6 Å². The summed E-state index contributed by atoms with van der Waals surface area (Å²) in [4.78, 5) is 9.32. The Morgan fingerprint density at radius 2 is 1.79 bits per heavy atom. The van der Waals surface area contributed by atoms with Crippen LogP contribution in [-0.4, -0.2) is 25.8 Å². The van der Waals surface area contributed by atoms with Gasteiger partial charge >= 0.3 is 7.60 Å². The summed E-state index contributed by atoms with van der Waals surface area (Å²) in [5.41, 5.74) is 0.898. The molecule has 8 heteroatoms. The predicted molar refractivity (Wildman–Crippen MR) is 70.4 cm³/mol. The van der Waals surface area contributed by atoms with Gasteiger partial charge in [-0.05, 0) is 32.9 Å². The summed E-state index contributed by atoms with van der Waals surface area (Å²) in [5.74, 6) is 0. The third-order valence-corrected chi connectivity index (χ3v) is 4.71. The molecule has 0 fully saturated rings. The maximum Gasteiger partial charge on any atom is 0.355 e. The van der Waals surface area contributed by atoms with Crippen molar-refractivity contribution in [2.24, 2.45) is 0 Å². The lowest BCUT2D eigenvalue weighted by molar-refractivity contribution is 0.187. The van der Waals surface area contributed by atoms with Crippen LogP contribution in [0.15, 0.2) is 29.2 Å². The molecule has 1 unspecified atom stereocenters. The molecule has 0 aromatic heterocycles. The van der Waals surface area contributed by atoms with E-state index in [9.17, 15) is 17.9 Å². The van der Waals surface area contributed by atoms with Crippen LogP contribution in [0.25, 0.3) is 0 Å². The first-order chi connectivity index (χ1) is 8.62. The summed E-state index contributed by atoms with van der Waals surface area (Å²) in [5, 5.41) is 0. The van der Waals surface area contributed by atoms with Crippen molar-refractivity contribution in [3.8, 4) is 0 Å². The Hall–Kier alpha value is -0.720. The summed E-state index contributed by atoms with van der Waals surface area (Å²) < 4.78 is 44.3. The summed E-state index contributed by atoms with van der Waals surface area (Å²) >= 11 is 0. The fraction of sp³-hybridized carbons (Fsp3) is 0.455. The van der Waals surface area contributed by atoms with Crippen LogP contribution in [0.5, 0.6) is 0 Å². The van der Waals surface area contributed by atoms with E-state index >= 15 is 0 Å². The summed E-state index contributed by atoms with van der Waals surface area (Å²) in [7, 11) is -8.13. The Kier molecular flexibility index (Phi) is 5.29. The molecule has 0 heterocycles. The first-order valence-electron chi connectivity index (χ1n) is 5.59. The normalized spacial score (nSPS) is 15.4. The number of hydrogen-bond acceptors (Lipinski definition) is 5. The molecule has 0 saturated heterocycles. The van der Waals surface area contributed by atoms with Crippen molar-refractivity contribution in [3.05, 3.63) is 29.8 Å². The average molecular weight is 308 g/mol. The summed E-state index contributed by atoms with van der Waals surface area (Å²) in [6, 6.07) is 5.96. The van der Waals surface area contributed by atoms with Gasteiger partial charge in [0.1, 0.15) is 0 Å². The average Bonchev–Trinajstić information content (AvgIpc) is 2.26. The third kappa shape index (κ3) is 5.42. The van der Waals surface area contributed by atoms with Gasteiger partial charge in [-0.1, -0.05) is 17.7 Å². The van der Waals surface area contributed by atoms with Gasteiger partial charge in [-0.3, -0.25) is 8.75 Å². The van der Waals surface area contributed by atoms with Gasteiger partial charge in [-0.25, -0.2) is 0 Å². The lowest BCUT2D eigenvalue weighted by Crippen LogP contribution is -2.10. The van der Waals surface area contributed by atoms with E-state index in [-0.39, 0.29) is 4.90 Å². The van der Waals surface area contributed by atoms with Gasteiger partial charge in [0, 0.05) is 0 Å². The zero-order chi connectivity index (χ0) is 14.7. The van der Waals surface area contributed by atoms with Crippen molar-refractivity contribution in [1.29, 1.82) is 0 Å². The Morgan fingerprint density at radius 3 is 2.26 bits per heavy atom. The Morgan fingerprint density at radius 1 is 1.26 bits per heavy atom. The molecule has 0 radical (unpaired) electrons. The lowest BCUT2D eigenvalue weighted by atomic mass is 10.2. The second kappa shape index (κ2) is 6.15. The van der Waals surface area contributed by atoms with Crippen molar-refractivity contribution >= 4 is 17.7 Å². The van der Waals surface area contributed by atoms with E-state index in [4.69, 9.17) is 4.52 Å². The van der Waals surface area contributed by atoms with Crippen molar-refractivity contribution in [2.45, 2.75) is 31.8 Å². The molecule has 108 valence electrons. The predicted octanol–water partition coefficient (Wildman–Crippen LogP) is 2.27. The van der Waals surface area contributed by atoms with Gasteiger partial charge < -0.3 is 9.42 Å². The molecular formula is C11H17O6PS. The summed E-state index contributed by atoms with van der Waals surface area (Å²) in [6.07, 6.45) is -1.40. The van der Waals surface area contributed by atoms with Crippen LogP contribution >= 0.6 is 7.60 Å². The maximum absolute atomic E-state index is 11.8. The van der Waals surface area contributed by atoms with E-state index in [2.05, 4.69) is 4.18 Å². The van der Waals surface area contributed by atoms with Crippen LogP contribution < -0.4 is 0 Å². The van der Waals surface area contributed by atoms with Crippen LogP contribution in [0.3, 0.4) is 0 Å². The highest BCUT2D eigenvalue weighted by Crippen LogP contribution is 2.43. The van der Waals surface area contributed by atoms with Gasteiger partial charge in [0.2, 0.25) is 0 Å². The zero-order valence-corrected chi connectivity index (χ0v) is 12.6. The molecule has 6 nitrogen and oxygen atoms in total. The molecule has 0 aliphatic carbocycles. The largest absolute Gasteiger partial charge is 0.355 e. The van der Waals surface area contributed by atoms with Gasteiger partial charge in [0.05, 0.1) is 11.0 Å². The molecule has 0 aliphatic heterocycles. The van der Waals surface area contributed by atoms with Crippen molar-refractivity contribution in [1.82, 2.24) is 0 Å². The highest BCUT2D eigenvalue weighted by atomic mass is 32.2. The summed E-state index contributed by atoms with van der Waals surface area (Å²) in [6.45, 7) is 4.95. The molecule has 0 bridgehead atoms. The standard InChI is InChI=1S/C11H17O6PS/c1-9(2)17-18(12,13)8-16-19(14,15)11-6-4-10(3)5-7-11/h4-7,9H,8H2,1-3H3,(H,12,13). The van der Waals surface area contributed by atoms with E-state index in [0.29, 0.717) is 0 Å². The second-order valence-electron chi connectivity index (χ2n) is 4.31. The van der Waals surface area contributed by atoms with Crippen LogP contribution in [0.2, 0.25) is 0 Å². The fourth-order valence-corrected chi connectivity index (χ4v) is 3.68. The SMILES string of the molecule is Cc1ccc(S(=O)(=O)OCP(=O)(O)OC(C)C)cc1. The van der Waals surface area contributed by atoms with Crippen LogP contribution in [0.1, 0.15) is 19.4 Å². The molecule has 0 aliphatic rings. The minimum absolute atomic E-state index is 0.0670. The molecule has 1 aromatic rings. The monoisotopic (exact) mass is 308 g/mol. The minimum atomic E-state index is -4.08. The van der Waals surface area contributed by atoms with Gasteiger partial charge in [0.25, 0.3) is 10.1 Å². The van der Waals surface area contributed by atoms with Crippen LogP contribution in [0, 0.1) is 6.92 Å². The molecule has 0 saturated carbocycles. The molecule has 1 aromatic carbocycles. The number of rotatable bonds is 6. The maximum atomic E-state index is 11.8. The zero-order valence-electron chi connectivity index (χ0n) is 10.9. The van der Waals surface area contributed by atoms with Crippen molar-refractivity contribution in [2.75, 3.05) is 6.35 Å². The lowest BCUT2D eigenvalue weighted by Gasteiger charge is -2.14. The van der Waals surface area contributed by atoms with Gasteiger partial charge in [-0.15, -0.1) is 0 Å². The molecule has 1 rings (SSSR count). The number of hydrogen-bond donors (Lipinski definition) is 1. The van der Waals surface area contributed by atoms with E-state index in [0.717, 1.165) is 5.56 Å². The first-order valence-corrected chi connectivity index (χ1v) is 8.76.